The molecule has 1 unspecified atom stereocenters. The van der Waals surface area contributed by atoms with E-state index in [9.17, 15) is 4.79 Å². The largest absolute Gasteiger partial charge is 0.491 e. The van der Waals surface area contributed by atoms with Crippen LogP contribution in [0.25, 0.3) is 0 Å². The number of nitrogen functional groups attached to an aromatic ring is 1. The molecular formula is C27H27N3O4. The summed E-state index contributed by atoms with van der Waals surface area (Å²) in [4.78, 5) is 18.2. The Hall–Kier alpha value is -3.87. The van der Waals surface area contributed by atoms with Crippen LogP contribution >= 0.6 is 0 Å². The van der Waals surface area contributed by atoms with E-state index in [0.717, 1.165) is 41.1 Å². The molecule has 3 aliphatic heterocycles. The van der Waals surface area contributed by atoms with Crippen LogP contribution in [-0.4, -0.2) is 44.3 Å². The fraction of sp³-hybridized carbons (Fsp3) is 0.296. The maximum absolute atomic E-state index is 14.2. The molecule has 2 aromatic rings. The minimum atomic E-state index is -0.877. The lowest BCUT2D eigenvalue weighted by Crippen LogP contribution is -2.42. The summed E-state index contributed by atoms with van der Waals surface area (Å²) < 4.78 is 17.3. The van der Waals surface area contributed by atoms with Gasteiger partial charge in [0.25, 0.3) is 0 Å². The number of carbonyl (C=O) groups excluding carboxylic acids is 1. The van der Waals surface area contributed by atoms with Gasteiger partial charge in [0.05, 0.1) is 11.4 Å². The van der Waals surface area contributed by atoms with Gasteiger partial charge in [0.1, 0.15) is 17.8 Å². The molecule has 0 saturated carbocycles. The fourth-order valence-corrected chi connectivity index (χ4v) is 5.34. The Kier molecular flexibility index (Phi) is 4.79. The van der Waals surface area contributed by atoms with Gasteiger partial charge < -0.3 is 29.7 Å². The lowest BCUT2D eigenvalue weighted by molar-refractivity contribution is -0.131. The van der Waals surface area contributed by atoms with E-state index >= 15 is 0 Å². The zero-order valence-electron chi connectivity index (χ0n) is 19.1. The number of carbonyl (C=O) groups is 1. The van der Waals surface area contributed by atoms with Crippen LogP contribution in [-0.2, 0) is 10.2 Å². The molecule has 0 aromatic heterocycles. The van der Waals surface area contributed by atoms with Crippen LogP contribution < -0.4 is 24.8 Å². The van der Waals surface area contributed by atoms with E-state index in [1.54, 1.807) is 0 Å². The number of ether oxygens (including phenoxy) is 3. The van der Waals surface area contributed by atoms with E-state index in [1.165, 1.54) is 0 Å². The number of para-hydroxylation sites is 2. The highest BCUT2D eigenvalue weighted by Crippen LogP contribution is 2.55. The van der Waals surface area contributed by atoms with Crippen molar-refractivity contribution in [2.24, 2.45) is 0 Å². The molecule has 1 atom stereocenters. The second kappa shape index (κ2) is 7.87. The third-order valence-electron chi connectivity index (χ3n) is 7.09. The van der Waals surface area contributed by atoms with E-state index < -0.39 is 5.41 Å². The van der Waals surface area contributed by atoms with Crippen molar-refractivity contribution in [2.75, 3.05) is 44.2 Å². The van der Waals surface area contributed by atoms with Gasteiger partial charge in [-0.1, -0.05) is 36.4 Å². The van der Waals surface area contributed by atoms with Crippen LogP contribution in [0, 0.1) is 0 Å². The van der Waals surface area contributed by atoms with E-state index in [1.807, 2.05) is 48.3 Å². The van der Waals surface area contributed by atoms with Crippen molar-refractivity contribution < 1.29 is 19.0 Å². The molecule has 0 bridgehead atoms. The predicted molar refractivity (Wildman–Crippen MR) is 130 cm³/mol. The first-order valence-electron chi connectivity index (χ1n) is 11.6. The first kappa shape index (κ1) is 20.7. The molecular weight excluding hydrogens is 430 g/mol. The highest BCUT2D eigenvalue weighted by Gasteiger charge is 2.59. The summed E-state index contributed by atoms with van der Waals surface area (Å²) in [5, 5.41) is 0. The number of hydrogen-bond donors (Lipinski definition) is 1. The van der Waals surface area contributed by atoms with Crippen LogP contribution in [0.3, 0.4) is 0 Å². The van der Waals surface area contributed by atoms with Gasteiger partial charge in [-0.05, 0) is 36.6 Å². The van der Waals surface area contributed by atoms with Crippen LogP contribution in [0.4, 0.5) is 11.4 Å². The third kappa shape index (κ3) is 3.00. The monoisotopic (exact) mass is 457 g/mol. The number of benzene rings is 2. The molecule has 1 amide bonds. The van der Waals surface area contributed by atoms with Gasteiger partial charge in [0.2, 0.25) is 12.7 Å². The molecule has 1 fully saturated rings. The van der Waals surface area contributed by atoms with Crippen molar-refractivity contribution in [2.45, 2.75) is 18.3 Å². The van der Waals surface area contributed by atoms with Gasteiger partial charge in [0, 0.05) is 37.5 Å². The third-order valence-corrected chi connectivity index (χ3v) is 7.09. The second-order valence-corrected chi connectivity index (χ2v) is 8.98. The molecule has 2 aromatic carbocycles. The van der Waals surface area contributed by atoms with E-state index in [2.05, 4.69) is 29.2 Å². The van der Waals surface area contributed by atoms with Crippen LogP contribution in [0.2, 0.25) is 0 Å². The summed E-state index contributed by atoms with van der Waals surface area (Å²) in [6, 6.07) is 11.6. The van der Waals surface area contributed by atoms with E-state index in [4.69, 9.17) is 19.9 Å². The SMILES string of the molecule is CN(CCN1C(=O)C2(COc3cc4c(cc32)OCO4)/C2=C/C/C=C\CC=C21)c1ccccc1N. The zero-order valence-corrected chi connectivity index (χ0v) is 19.1. The summed E-state index contributed by atoms with van der Waals surface area (Å²) in [5.41, 5.74) is 9.82. The van der Waals surface area contributed by atoms with Crippen molar-refractivity contribution in [1.82, 2.24) is 4.90 Å². The van der Waals surface area contributed by atoms with Gasteiger partial charge in [-0.15, -0.1) is 0 Å². The van der Waals surface area contributed by atoms with Gasteiger partial charge in [0.15, 0.2) is 11.5 Å². The highest BCUT2D eigenvalue weighted by atomic mass is 16.7. The molecule has 3 heterocycles. The first-order valence-corrected chi connectivity index (χ1v) is 11.6. The van der Waals surface area contributed by atoms with Crippen molar-refractivity contribution in [1.29, 1.82) is 0 Å². The molecule has 7 nitrogen and oxygen atoms in total. The maximum atomic E-state index is 14.2. The number of amides is 1. The molecule has 1 aliphatic carbocycles. The lowest BCUT2D eigenvalue weighted by Gasteiger charge is -2.26. The summed E-state index contributed by atoms with van der Waals surface area (Å²) >= 11 is 0. The number of fused-ring (bicyclic) bond motifs is 5. The number of likely N-dealkylation sites (N-methyl/N-ethyl adjacent to an activating group) is 1. The van der Waals surface area contributed by atoms with Gasteiger partial charge >= 0.3 is 0 Å². The Balaban J connectivity index is 1.38. The van der Waals surface area contributed by atoms with Crippen molar-refractivity contribution in [3.8, 4) is 17.2 Å². The maximum Gasteiger partial charge on any atom is 0.245 e. The van der Waals surface area contributed by atoms with Crippen LogP contribution in [0.1, 0.15) is 18.4 Å². The zero-order chi connectivity index (χ0) is 23.3. The minimum absolute atomic E-state index is 0.0407. The molecule has 4 aliphatic rings. The average Bonchev–Trinajstić information content (AvgIpc) is 3.48. The molecule has 1 spiro atoms. The number of likely N-dealkylation sites (tertiary alicyclic amines) is 1. The standard InChI is InChI=1S/C27H27N3O4/c1-29(22-11-7-6-9-20(22)28)12-13-30-21-10-5-3-2-4-8-18(21)27(26(30)31)16-32-23-15-25-24(14-19(23)27)33-17-34-25/h2-3,6-11,14-15H,4-5,12-13,16-17,28H2,1H3/b3-2-,18-8+,21-10?. The highest BCUT2D eigenvalue weighted by molar-refractivity contribution is 6.01. The molecule has 174 valence electrons. The minimum Gasteiger partial charge on any atom is -0.491 e. The predicted octanol–water partition coefficient (Wildman–Crippen LogP) is 3.77. The number of nitrogens with zero attached hydrogens (tertiary/aromatic N) is 2. The summed E-state index contributed by atoms with van der Waals surface area (Å²) in [6.07, 6.45) is 10.2. The Labute approximate surface area is 198 Å². The van der Waals surface area contributed by atoms with Crippen molar-refractivity contribution in [3.05, 3.63) is 77.5 Å². The van der Waals surface area contributed by atoms with E-state index in [0.29, 0.717) is 30.3 Å². The molecule has 0 radical (unpaired) electrons. The molecule has 1 saturated heterocycles. The van der Waals surface area contributed by atoms with E-state index in [-0.39, 0.29) is 19.3 Å². The smallest absolute Gasteiger partial charge is 0.245 e. The Morgan fingerprint density at radius 3 is 2.62 bits per heavy atom. The Morgan fingerprint density at radius 2 is 1.79 bits per heavy atom. The van der Waals surface area contributed by atoms with Gasteiger partial charge in [-0.25, -0.2) is 0 Å². The molecule has 2 N–H and O–H groups in total. The van der Waals surface area contributed by atoms with Crippen molar-refractivity contribution >= 4 is 17.3 Å². The summed E-state index contributed by atoms with van der Waals surface area (Å²) in [5.74, 6) is 2.04. The van der Waals surface area contributed by atoms with Crippen molar-refractivity contribution in [3.63, 3.8) is 0 Å². The molecule has 7 heteroatoms. The normalized spacial score (nSPS) is 24.5. The molecule has 6 rings (SSSR count). The van der Waals surface area contributed by atoms with Gasteiger partial charge in [-0.3, -0.25) is 4.79 Å². The number of anilines is 2. The number of nitrogens with two attached hydrogens (primary N) is 1. The number of allylic oxidation sites excluding steroid dienone is 5. The quantitative estimate of drug-likeness (QED) is 0.556. The topological polar surface area (TPSA) is 77.3 Å². The Bertz CT molecular complexity index is 1260. The summed E-state index contributed by atoms with van der Waals surface area (Å²) in [6.45, 7) is 1.64. The number of hydrogen-bond acceptors (Lipinski definition) is 6. The lowest BCUT2D eigenvalue weighted by atomic mass is 9.75. The number of rotatable bonds is 4. The molecule has 34 heavy (non-hydrogen) atoms. The Morgan fingerprint density at radius 1 is 1.03 bits per heavy atom. The summed E-state index contributed by atoms with van der Waals surface area (Å²) in [7, 11) is 2.00. The second-order valence-electron chi connectivity index (χ2n) is 8.98. The first-order chi connectivity index (χ1) is 16.6. The van der Waals surface area contributed by atoms with Gasteiger partial charge in [-0.2, -0.15) is 0 Å². The van der Waals surface area contributed by atoms with Crippen LogP contribution in [0.15, 0.2) is 72.0 Å². The fourth-order valence-electron chi connectivity index (χ4n) is 5.34. The average molecular weight is 458 g/mol. The van der Waals surface area contributed by atoms with Crippen LogP contribution in [0.5, 0.6) is 17.2 Å².